The monoisotopic (exact) mass is 231 g/mol. The third-order valence-corrected chi connectivity index (χ3v) is 2.19. The van der Waals surface area contributed by atoms with Crippen LogP contribution in [0.25, 0.3) is 0 Å². The van der Waals surface area contributed by atoms with E-state index in [-0.39, 0.29) is 11.7 Å². The summed E-state index contributed by atoms with van der Waals surface area (Å²) in [4.78, 5) is 19.1. The maximum atomic E-state index is 12.6. The molecule has 1 N–H and O–H groups in total. The minimum Gasteiger partial charge on any atom is -0.348 e. The number of carbonyl (C=O) groups excluding carboxylic acids is 1. The van der Waals surface area contributed by atoms with Crippen molar-refractivity contribution in [3.63, 3.8) is 0 Å². The number of hydrogen-bond donors (Lipinski definition) is 1. The lowest BCUT2D eigenvalue weighted by Crippen LogP contribution is -2.23. The Balaban J connectivity index is 1.95. The molecule has 0 bridgehead atoms. The second-order valence-corrected chi connectivity index (χ2v) is 3.44. The van der Waals surface area contributed by atoms with Crippen LogP contribution in [-0.2, 0) is 6.54 Å². The van der Waals surface area contributed by atoms with E-state index in [2.05, 4.69) is 15.3 Å². The van der Waals surface area contributed by atoms with E-state index in [0.717, 1.165) is 5.56 Å². The molecule has 17 heavy (non-hydrogen) atoms. The van der Waals surface area contributed by atoms with E-state index in [4.69, 9.17) is 0 Å². The van der Waals surface area contributed by atoms with Gasteiger partial charge in [0.05, 0.1) is 5.56 Å². The molecule has 0 fully saturated rings. The van der Waals surface area contributed by atoms with Crippen molar-refractivity contribution in [3.05, 3.63) is 59.9 Å². The summed E-state index contributed by atoms with van der Waals surface area (Å²) >= 11 is 0. The zero-order valence-corrected chi connectivity index (χ0v) is 8.93. The van der Waals surface area contributed by atoms with Crippen LogP contribution < -0.4 is 5.32 Å². The molecule has 86 valence electrons. The van der Waals surface area contributed by atoms with Gasteiger partial charge in [-0.2, -0.15) is 0 Å². The standard InChI is InChI=1S/C12H10FN3O/c13-11-3-1-9(2-4-11)5-16-12(17)10-6-14-8-15-7-10/h1-4,6-8H,5H2,(H,16,17). The number of nitrogens with zero attached hydrogens (tertiary/aromatic N) is 2. The van der Waals surface area contributed by atoms with Crippen LogP contribution in [0.1, 0.15) is 15.9 Å². The third-order valence-electron chi connectivity index (χ3n) is 2.19. The van der Waals surface area contributed by atoms with Crippen molar-refractivity contribution in [1.29, 1.82) is 0 Å². The number of amides is 1. The van der Waals surface area contributed by atoms with E-state index in [1.807, 2.05) is 0 Å². The highest BCUT2D eigenvalue weighted by Crippen LogP contribution is 2.02. The van der Waals surface area contributed by atoms with Gasteiger partial charge in [0.25, 0.3) is 5.91 Å². The van der Waals surface area contributed by atoms with Crippen LogP contribution in [0.15, 0.2) is 43.0 Å². The summed E-state index contributed by atoms with van der Waals surface area (Å²) in [5.41, 5.74) is 1.23. The SMILES string of the molecule is O=C(NCc1ccc(F)cc1)c1cncnc1. The Morgan fingerprint density at radius 2 is 1.82 bits per heavy atom. The van der Waals surface area contributed by atoms with Crippen LogP contribution in [0.5, 0.6) is 0 Å². The lowest BCUT2D eigenvalue weighted by atomic mass is 10.2. The van der Waals surface area contributed by atoms with E-state index in [1.54, 1.807) is 12.1 Å². The van der Waals surface area contributed by atoms with E-state index in [1.165, 1.54) is 30.9 Å². The van der Waals surface area contributed by atoms with E-state index in [0.29, 0.717) is 12.1 Å². The average Bonchev–Trinajstić information content (AvgIpc) is 2.39. The van der Waals surface area contributed by atoms with Crippen LogP contribution in [-0.4, -0.2) is 15.9 Å². The highest BCUT2D eigenvalue weighted by atomic mass is 19.1. The molecule has 1 amide bonds. The number of rotatable bonds is 3. The van der Waals surface area contributed by atoms with Gasteiger partial charge < -0.3 is 5.32 Å². The zero-order chi connectivity index (χ0) is 12.1. The maximum absolute atomic E-state index is 12.6. The van der Waals surface area contributed by atoms with Gasteiger partial charge in [0, 0.05) is 18.9 Å². The van der Waals surface area contributed by atoms with Gasteiger partial charge in [-0.1, -0.05) is 12.1 Å². The fourth-order valence-electron chi connectivity index (χ4n) is 1.30. The van der Waals surface area contributed by atoms with Gasteiger partial charge in [-0.3, -0.25) is 4.79 Å². The Morgan fingerprint density at radius 3 is 2.47 bits per heavy atom. The summed E-state index contributed by atoms with van der Waals surface area (Å²) in [6.07, 6.45) is 4.23. The van der Waals surface area contributed by atoms with Crippen molar-refractivity contribution in [2.45, 2.75) is 6.54 Å². The van der Waals surface area contributed by atoms with E-state index < -0.39 is 0 Å². The molecule has 0 aliphatic carbocycles. The number of carbonyl (C=O) groups is 1. The lowest BCUT2D eigenvalue weighted by Gasteiger charge is -2.04. The first kappa shape index (κ1) is 11.2. The molecule has 0 aliphatic rings. The molecule has 0 atom stereocenters. The molecule has 0 radical (unpaired) electrons. The van der Waals surface area contributed by atoms with Gasteiger partial charge in [0.2, 0.25) is 0 Å². The minimum absolute atomic E-state index is 0.255. The Bertz CT molecular complexity index is 499. The molecule has 0 aliphatic heterocycles. The van der Waals surface area contributed by atoms with Gasteiger partial charge in [-0.15, -0.1) is 0 Å². The minimum atomic E-state index is -0.295. The van der Waals surface area contributed by atoms with E-state index in [9.17, 15) is 9.18 Å². The fourth-order valence-corrected chi connectivity index (χ4v) is 1.30. The quantitative estimate of drug-likeness (QED) is 0.871. The Labute approximate surface area is 97.5 Å². The molecule has 2 rings (SSSR count). The third kappa shape index (κ3) is 3.07. The highest BCUT2D eigenvalue weighted by molar-refractivity contribution is 5.93. The van der Waals surface area contributed by atoms with Crippen LogP contribution in [0, 0.1) is 5.82 Å². The number of halogens is 1. The lowest BCUT2D eigenvalue weighted by molar-refractivity contribution is 0.0950. The maximum Gasteiger partial charge on any atom is 0.254 e. The average molecular weight is 231 g/mol. The van der Waals surface area contributed by atoms with Crippen molar-refractivity contribution in [2.24, 2.45) is 0 Å². The smallest absolute Gasteiger partial charge is 0.254 e. The summed E-state index contributed by atoms with van der Waals surface area (Å²) < 4.78 is 12.6. The summed E-state index contributed by atoms with van der Waals surface area (Å²) in [5.74, 6) is -0.550. The zero-order valence-electron chi connectivity index (χ0n) is 8.93. The highest BCUT2D eigenvalue weighted by Gasteiger charge is 2.04. The first-order valence-electron chi connectivity index (χ1n) is 5.03. The summed E-state index contributed by atoms with van der Waals surface area (Å²) in [6.45, 7) is 0.341. The predicted octanol–water partition coefficient (Wildman–Crippen LogP) is 1.55. The van der Waals surface area contributed by atoms with Crippen LogP contribution in [0.2, 0.25) is 0 Å². The molecular formula is C12H10FN3O. The van der Waals surface area contributed by atoms with Crippen molar-refractivity contribution >= 4 is 5.91 Å². The van der Waals surface area contributed by atoms with Gasteiger partial charge in [0.15, 0.2) is 0 Å². The predicted molar refractivity (Wildman–Crippen MR) is 59.6 cm³/mol. The van der Waals surface area contributed by atoms with Gasteiger partial charge >= 0.3 is 0 Å². The molecular weight excluding hydrogens is 221 g/mol. The number of benzene rings is 1. The van der Waals surface area contributed by atoms with Crippen LogP contribution in [0.4, 0.5) is 4.39 Å². The molecule has 1 heterocycles. The molecule has 1 aromatic heterocycles. The molecule has 0 unspecified atom stereocenters. The van der Waals surface area contributed by atoms with E-state index >= 15 is 0 Å². The fraction of sp³-hybridized carbons (Fsp3) is 0.0833. The Morgan fingerprint density at radius 1 is 1.18 bits per heavy atom. The molecule has 0 saturated heterocycles. The van der Waals surface area contributed by atoms with Crippen molar-refractivity contribution in [3.8, 4) is 0 Å². The van der Waals surface area contributed by atoms with Crippen molar-refractivity contribution in [2.75, 3.05) is 0 Å². The second kappa shape index (κ2) is 5.16. The molecule has 0 saturated carbocycles. The normalized spacial score (nSPS) is 9.94. The Hall–Kier alpha value is -2.30. The molecule has 2 aromatic rings. The molecule has 1 aromatic carbocycles. The van der Waals surface area contributed by atoms with Gasteiger partial charge in [-0.25, -0.2) is 14.4 Å². The molecule has 4 nitrogen and oxygen atoms in total. The van der Waals surface area contributed by atoms with Crippen LogP contribution in [0.3, 0.4) is 0 Å². The molecule has 5 heteroatoms. The largest absolute Gasteiger partial charge is 0.348 e. The topological polar surface area (TPSA) is 54.9 Å². The van der Waals surface area contributed by atoms with Crippen molar-refractivity contribution in [1.82, 2.24) is 15.3 Å². The van der Waals surface area contributed by atoms with Crippen LogP contribution >= 0.6 is 0 Å². The Kier molecular flexibility index (Phi) is 3.40. The summed E-state index contributed by atoms with van der Waals surface area (Å²) in [5, 5.41) is 2.69. The number of aromatic nitrogens is 2. The van der Waals surface area contributed by atoms with Gasteiger partial charge in [0.1, 0.15) is 12.1 Å². The second-order valence-electron chi connectivity index (χ2n) is 3.44. The van der Waals surface area contributed by atoms with Gasteiger partial charge in [-0.05, 0) is 17.7 Å². The summed E-state index contributed by atoms with van der Waals surface area (Å²) in [7, 11) is 0. The number of nitrogens with one attached hydrogen (secondary N) is 1. The first-order valence-corrected chi connectivity index (χ1v) is 5.03. The van der Waals surface area contributed by atoms with Crippen molar-refractivity contribution < 1.29 is 9.18 Å². The molecule has 0 spiro atoms. The summed E-state index contributed by atoms with van der Waals surface area (Å²) in [6, 6.07) is 5.95. The first-order chi connectivity index (χ1) is 8.25. The number of hydrogen-bond acceptors (Lipinski definition) is 3.